The summed E-state index contributed by atoms with van der Waals surface area (Å²) in [6, 6.07) is 0. The van der Waals surface area contributed by atoms with E-state index >= 15 is 0 Å². The van der Waals surface area contributed by atoms with Crippen molar-refractivity contribution in [3.63, 3.8) is 0 Å². The van der Waals surface area contributed by atoms with E-state index in [0.29, 0.717) is 6.79 Å². The van der Waals surface area contributed by atoms with Crippen LogP contribution in [0.2, 0.25) is 0 Å². The molecule has 1 aliphatic heterocycles. The highest BCUT2D eigenvalue weighted by molar-refractivity contribution is 5.02. The van der Waals surface area contributed by atoms with Crippen LogP contribution in [-0.4, -0.2) is 13.1 Å². The molecule has 0 aromatic rings. The van der Waals surface area contributed by atoms with Crippen molar-refractivity contribution in [3.05, 3.63) is 12.2 Å². The fourth-order valence-electron chi connectivity index (χ4n) is 1.52. The van der Waals surface area contributed by atoms with Gasteiger partial charge < -0.3 is 9.47 Å². The molecule has 2 rings (SSSR count). The third kappa shape index (κ3) is 0.796. The van der Waals surface area contributed by atoms with E-state index in [1.165, 1.54) is 0 Å². The summed E-state index contributed by atoms with van der Waals surface area (Å²) in [4.78, 5) is 0. The molecule has 0 spiro atoms. The Hall–Kier alpha value is -0.340. The van der Waals surface area contributed by atoms with Gasteiger partial charge in [-0.25, -0.2) is 0 Å². The molecule has 1 aliphatic carbocycles. The minimum absolute atomic E-state index is 0.0579. The summed E-state index contributed by atoms with van der Waals surface area (Å²) in [5.41, 5.74) is 0.234. The SMILES string of the molecule is CC1(C2OCO2)CC=CC1. The van der Waals surface area contributed by atoms with Gasteiger partial charge in [0.1, 0.15) is 0 Å². The molecule has 1 fully saturated rings. The van der Waals surface area contributed by atoms with Crippen molar-refractivity contribution >= 4 is 0 Å². The van der Waals surface area contributed by atoms with Crippen molar-refractivity contribution in [1.29, 1.82) is 0 Å². The van der Waals surface area contributed by atoms with Crippen molar-refractivity contribution in [2.75, 3.05) is 6.79 Å². The van der Waals surface area contributed by atoms with E-state index in [9.17, 15) is 0 Å². The largest absolute Gasteiger partial charge is 0.326 e. The molecule has 0 amide bonds. The van der Waals surface area contributed by atoms with Crippen molar-refractivity contribution in [2.45, 2.75) is 26.1 Å². The first kappa shape index (κ1) is 6.38. The maximum atomic E-state index is 5.26. The molecule has 0 radical (unpaired) electrons. The van der Waals surface area contributed by atoms with Crippen LogP contribution in [0.15, 0.2) is 12.2 Å². The summed E-state index contributed by atoms with van der Waals surface area (Å²) in [5.74, 6) is 0. The van der Waals surface area contributed by atoms with E-state index in [0.717, 1.165) is 12.8 Å². The van der Waals surface area contributed by atoms with Gasteiger partial charge in [-0.3, -0.25) is 0 Å². The lowest BCUT2D eigenvalue weighted by molar-refractivity contribution is -0.358. The molecule has 0 aromatic carbocycles. The van der Waals surface area contributed by atoms with Crippen LogP contribution in [-0.2, 0) is 9.47 Å². The highest BCUT2D eigenvalue weighted by Crippen LogP contribution is 2.40. The maximum Gasteiger partial charge on any atom is 0.169 e. The van der Waals surface area contributed by atoms with Gasteiger partial charge in [0.2, 0.25) is 0 Å². The third-order valence-electron chi connectivity index (χ3n) is 2.34. The topological polar surface area (TPSA) is 18.5 Å². The van der Waals surface area contributed by atoms with E-state index in [-0.39, 0.29) is 11.7 Å². The maximum absolute atomic E-state index is 5.26. The molecular formula is C8H12O2. The average molecular weight is 140 g/mol. The van der Waals surface area contributed by atoms with Crippen LogP contribution in [0.5, 0.6) is 0 Å². The molecule has 2 aliphatic rings. The Balaban J connectivity index is 2.00. The van der Waals surface area contributed by atoms with Gasteiger partial charge in [0.15, 0.2) is 13.1 Å². The van der Waals surface area contributed by atoms with Gasteiger partial charge in [0.05, 0.1) is 0 Å². The zero-order valence-electron chi connectivity index (χ0n) is 6.17. The number of hydrogen-bond acceptors (Lipinski definition) is 2. The molecule has 0 aromatic heterocycles. The molecule has 0 N–H and O–H groups in total. The number of ether oxygens (including phenoxy) is 2. The van der Waals surface area contributed by atoms with Crippen LogP contribution >= 0.6 is 0 Å². The fourth-order valence-corrected chi connectivity index (χ4v) is 1.52. The molecule has 2 nitrogen and oxygen atoms in total. The molecule has 0 atom stereocenters. The van der Waals surface area contributed by atoms with Crippen LogP contribution in [0, 0.1) is 5.41 Å². The Morgan fingerprint density at radius 2 is 1.90 bits per heavy atom. The molecule has 0 unspecified atom stereocenters. The Morgan fingerprint density at radius 1 is 1.30 bits per heavy atom. The summed E-state index contributed by atoms with van der Waals surface area (Å²) in [5, 5.41) is 0. The Bertz CT molecular complexity index is 151. The number of hydrogen-bond donors (Lipinski definition) is 0. The van der Waals surface area contributed by atoms with Gasteiger partial charge in [-0.05, 0) is 12.8 Å². The number of allylic oxidation sites excluding steroid dienone is 2. The molecule has 56 valence electrons. The van der Waals surface area contributed by atoms with Crippen LogP contribution in [0.3, 0.4) is 0 Å². The van der Waals surface area contributed by atoms with Gasteiger partial charge in [0, 0.05) is 5.41 Å². The molecule has 0 bridgehead atoms. The second-order valence-corrected chi connectivity index (χ2v) is 3.32. The van der Waals surface area contributed by atoms with Crippen molar-refractivity contribution in [2.24, 2.45) is 5.41 Å². The second kappa shape index (κ2) is 2.07. The lowest BCUT2D eigenvalue weighted by Gasteiger charge is -2.39. The smallest absolute Gasteiger partial charge is 0.169 e. The average Bonchev–Trinajstić information content (AvgIpc) is 2.09. The Kier molecular flexibility index (Phi) is 1.32. The minimum Gasteiger partial charge on any atom is -0.326 e. The third-order valence-corrected chi connectivity index (χ3v) is 2.34. The van der Waals surface area contributed by atoms with Crippen LogP contribution in [0.4, 0.5) is 0 Å². The number of rotatable bonds is 1. The van der Waals surface area contributed by atoms with Gasteiger partial charge in [-0.15, -0.1) is 0 Å². The summed E-state index contributed by atoms with van der Waals surface area (Å²) in [6.07, 6.45) is 6.65. The molecule has 0 saturated carbocycles. The summed E-state index contributed by atoms with van der Waals surface area (Å²) in [6.45, 7) is 2.69. The predicted octanol–water partition coefficient (Wildman–Crippen LogP) is 1.67. The van der Waals surface area contributed by atoms with Crippen molar-refractivity contribution < 1.29 is 9.47 Å². The monoisotopic (exact) mass is 140 g/mol. The van der Waals surface area contributed by atoms with Crippen LogP contribution < -0.4 is 0 Å². The highest BCUT2D eigenvalue weighted by Gasteiger charge is 2.40. The van der Waals surface area contributed by atoms with E-state index in [1.807, 2.05) is 0 Å². The first-order valence-corrected chi connectivity index (χ1v) is 3.69. The summed E-state index contributed by atoms with van der Waals surface area (Å²) >= 11 is 0. The summed E-state index contributed by atoms with van der Waals surface area (Å²) < 4.78 is 10.5. The fraction of sp³-hybridized carbons (Fsp3) is 0.750. The second-order valence-electron chi connectivity index (χ2n) is 3.32. The lowest BCUT2D eigenvalue weighted by atomic mass is 9.87. The quantitative estimate of drug-likeness (QED) is 0.516. The predicted molar refractivity (Wildman–Crippen MR) is 37.3 cm³/mol. The van der Waals surface area contributed by atoms with Crippen molar-refractivity contribution in [1.82, 2.24) is 0 Å². The zero-order chi connectivity index (χ0) is 7.03. The molecule has 2 heteroatoms. The Morgan fingerprint density at radius 3 is 2.30 bits per heavy atom. The van der Waals surface area contributed by atoms with Crippen molar-refractivity contribution in [3.8, 4) is 0 Å². The van der Waals surface area contributed by atoms with Crippen LogP contribution in [0.1, 0.15) is 19.8 Å². The van der Waals surface area contributed by atoms with Gasteiger partial charge in [0.25, 0.3) is 0 Å². The minimum atomic E-state index is 0.0579. The standard InChI is InChI=1S/C8H12O2/c1-8(4-2-3-5-8)7-9-6-10-7/h2-3,7H,4-6H2,1H3. The van der Waals surface area contributed by atoms with E-state index in [1.54, 1.807) is 0 Å². The van der Waals surface area contributed by atoms with E-state index < -0.39 is 0 Å². The highest BCUT2D eigenvalue weighted by atomic mass is 16.8. The zero-order valence-corrected chi connectivity index (χ0v) is 6.17. The molecule has 1 heterocycles. The van der Waals surface area contributed by atoms with Gasteiger partial charge in [-0.2, -0.15) is 0 Å². The summed E-state index contributed by atoms with van der Waals surface area (Å²) in [7, 11) is 0. The first-order chi connectivity index (χ1) is 4.81. The normalized spacial score (nSPS) is 30.5. The first-order valence-electron chi connectivity index (χ1n) is 3.69. The lowest BCUT2D eigenvalue weighted by Crippen LogP contribution is -2.43. The Labute approximate surface area is 60.8 Å². The molecule has 1 saturated heterocycles. The molecular weight excluding hydrogens is 128 g/mol. The van der Waals surface area contributed by atoms with E-state index in [2.05, 4.69) is 19.1 Å². The molecule has 10 heavy (non-hydrogen) atoms. The van der Waals surface area contributed by atoms with E-state index in [4.69, 9.17) is 9.47 Å². The van der Waals surface area contributed by atoms with Gasteiger partial charge in [-0.1, -0.05) is 19.1 Å². The van der Waals surface area contributed by atoms with Gasteiger partial charge >= 0.3 is 0 Å². The van der Waals surface area contributed by atoms with Crippen LogP contribution in [0.25, 0.3) is 0 Å².